The minimum Gasteiger partial charge on any atom is -0.507 e. The predicted molar refractivity (Wildman–Crippen MR) is 108 cm³/mol. The highest BCUT2D eigenvalue weighted by Gasteiger charge is 2.37. The third-order valence-corrected chi connectivity index (χ3v) is 8.54. The van der Waals surface area contributed by atoms with Crippen LogP contribution in [-0.2, 0) is 9.59 Å². The number of amides is 1. The van der Waals surface area contributed by atoms with Gasteiger partial charge in [0.05, 0.1) is 10.6 Å². The summed E-state index contributed by atoms with van der Waals surface area (Å²) in [5.41, 5.74) is 5.37. The van der Waals surface area contributed by atoms with Crippen LogP contribution in [0.3, 0.4) is 0 Å². The summed E-state index contributed by atoms with van der Waals surface area (Å²) in [4.78, 5) is 24.4. The van der Waals surface area contributed by atoms with Crippen molar-refractivity contribution in [3.8, 4) is 0 Å². The predicted octanol–water partition coefficient (Wildman–Crippen LogP) is 2.77. The van der Waals surface area contributed by atoms with Crippen molar-refractivity contribution in [2.45, 2.75) is 49.1 Å². The highest BCUT2D eigenvalue weighted by Crippen LogP contribution is 2.43. The fourth-order valence-corrected chi connectivity index (χ4v) is 7.07. The van der Waals surface area contributed by atoms with E-state index in [1.54, 1.807) is 6.08 Å². The molecule has 26 heavy (non-hydrogen) atoms. The van der Waals surface area contributed by atoms with Crippen molar-refractivity contribution in [2.24, 2.45) is 17.6 Å². The lowest BCUT2D eigenvalue weighted by molar-refractivity contribution is -0.117. The number of carbonyl (C=O) groups excluding carboxylic acids is 2. The van der Waals surface area contributed by atoms with Crippen LogP contribution in [0.25, 0.3) is 0 Å². The first-order valence-electron chi connectivity index (χ1n) is 9.50. The topological polar surface area (TPSA) is 92.4 Å². The van der Waals surface area contributed by atoms with Crippen molar-refractivity contribution in [2.75, 3.05) is 18.1 Å². The lowest BCUT2D eigenvalue weighted by atomic mass is 9.92. The Morgan fingerprint density at radius 3 is 2.77 bits per heavy atom. The Bertz CT molecular complexity index is 600. The lowest BCUT2D eigenvalue weighted by Crippen LogP contribution is -2.29. The van der Waals surface area contributed by atoms with E-state index < -0.39 is 11.9 Å². The minimum absolute atomic E-state index is 0.0975. The molecule has 7 heteroatoms. The molecule has 0 aromatic carbocycles. The highest BCUT2D eigenvalue weighted by atomic mass is 32.2. The summed E-state index contributed by atoms with van der Waals surface area (Å²) >= 11 is 4.11. The van der Waals surface area contributed by atoms with Gasteiger partial charge in [-0.15, -0.1) is 23.5 Å². The van der Waals surface area contributed by atoms with Gasteiger partial charge in [0.2, 0.25) is 0 Å². The van der Waals surface area contributed by atoms with Gasteiger partial charge < -0.3 is 16.2 Å². The van der Waals surface area contributed by atoms with Gasteiger partial charge in [0.25, 0.3) is 5.91 Å². The first-order valence-corrected chi connectivity index (χ1v) is 11.6. The zero-order valence-electron chi connectivity index (χ0n) is 15.0. The van der Waals surface area contributed by atoms with E-state index in [0.717, 1.165) is 6.42 Å². The minimum atomic E-state index is -0.549. The van der Waals surface area contributed by atoms with Crippen LogP contribution in [0.2, 0.25) is 0 Å². The number of ketones is 1. The van der Waals surface area contributed by atoms with E-state index >= 15 is 0 Å². The van der Waals surface area contributed by atoms with Gasteiger partial charge in [0.1, 0.15) is 11.3 Å². The largest absolute Gasteiger partial charge is 0.507 e. The lowest BCUT2D eigenvalue weighted by Gasteiger charge is -2.19. The molecule has 3 fully saturated rings. The molecule has 2 aliphatic heterocycles. The van der Waals surface area contributed by atoms with Crippen molar-refractivity contribution >= 4 is 35.2 Å². The molecule has 0 spiro atoms. The number of hydrogen-bond donors (Lipinski definition) is 3. The van der Waals surface area contributed by atoms with Gasteiger partial charge in [-0.3, -0.25) is 9.59 Å². The fourth-order valence-electron chi connectivity index (χ4n) is 4.05. The van der Waals surface area contributed by atoms with Crippen LogP contribution in [0.1, 0.15) is 38.5 Å². The molecule has 1 aliphatic carbocycles. The van der Waals surface area contributed by atoms with E-state index in [4.69, 9.17) is 5.73 Å². The van der Waals surface area contributed by atoms with Crippen LogP contribution >= 0.6 is 23.5 Å². The van der Waals surface area contributed by atoms with Crippen LogP contribution in [0, 0.1) is 11.8 Å². The Balaban J connectivity index is 1.63. The number of allylic oxidation sites excluding steroid dienone is 2. The summed E-state index contributed by atoms with van der Waals surface area (Å²) in [5, 5.41) is 13.0. The Hall–Kier alpha value is -0.920. The molecule has 3 aliphatic rings. The van der Waals surface area contributed by atoms with Gasteiger partial charge in [0, 0.05) is 11.5 Å². The molecule has 1 amide bonds. The van der Waals surface area contributed by atoms with Gasteiger partial charge in [-0.25, -0.2) is 0 Å². The van der Waals surface area contributed by atoms with Crippen molar-refractivity contribution in [1.29, 1.82) is 0 Å². The number of nitrogens with one attached hydrogen (secondary N) is 1. The molecule has 2 saturated heterocycles. The summed E-state index contributed by atoms with van der Waals surface area (Å²) in [7, 11) is 0. The second kappa shape index (κ2) is 9.33. The molecule has 5 nitrogen and oxygen atoms in total. The second-order valence-electron chi connectivity index (χ2n) is 7.20. The van der Waals surface area contributed by atoms with E-state index in [-0.39, 0.29) is 17.1 Å². The molecule has 0 aromatic rings. The van der Waals surface area contributed by atoms with Crippen molar-refractivity contribution < 1.29 is 14.7 Å². The number of rotatable bonds is 7. The molecule has 0 radical (unpaired) electrons. The first kappa shape index (κ1) is 19.8. The van der Waals surface area contributed by atoms with Gasteiger partial charge in [-0.2, -0.15) is 0 Å². The maximum absolute atomic E-state index is 12.4. The SMILES string of the molecule is NCCCC1NC(=O)C(=C(O)C=CC2CCCC2CC2SCCS2)C1=O. The maximum atomic E-state index is 12.4. The third kappa shape index (κ3) is 4.67. The van der Waals surface area contributed by atoms with Gasteiger partial charge in [-0.1, -0.05) is 12.5 Å². The Kier molecular flexibility index (Phi) is 7.12. The average Bonchev–Trinajstić information content (AvgIpc) is 3.34. The number of aliphatic hydroxyl groups is 1. The molecule has 0 bridgehead atoms. The van der Waals surface area contributed by atoms with Crippen molar-refractivity contribution in [3.63, 3.8) is 0 Å². The summed E-state index contributed by atoms with van der Waals surface area (Å²) < 4.78 is 0.700. The third-order valence-electron chi connectivity index (χ3n) is 5.45. The van der Waals surface area contributed by atoms with Gasteiger partial charge >= 0.3 is 0 Å². The zero-order valence-corrected chi connectivity index (χ0v) is 16.6. The molecule has 3 unspecified atom stereocenters. The standard InChI is InChI=1S/C19H28N2O3S2/c20-8-2-5-14-18(23)17(19(24)21-14)15(22)7-6-12-3-1-4-13(12)11-16-25-9-10-26-16/h6-7,12-14,16,22H,1-5,8-11,20H2,(H,21,24). The van der Waals surface area contributed by atoms with E-state index in [1.807, 2.05) is 6.08 Å². The molecule has 2 heterocycles. The molecule has 3 atom stereocenters. The smallest absolute Gasteiger partial charge is 0.259 e. The quantitative estimate of drug-likeness (QED) is 0.348. The van der Waals surface area contributed by atoms with E-state index in [9.17, 15) is 14.7 Å². The zero-order chi connectivity index (χ0) is 18.5. The fraction of sp³-hybridized carbons (Fsp3) is 0.684. The van der Waals surface area contributed by atoms with E-state index in [0.29, 0.717) is 35.8 Å². The van der Waals surface area contributed by atoms with Crippen LogP contribution in [0.15, 0.2) is 23.5 Å². The summed E-state index contributed by atoms with van der Waals surface area (Å²) in [6, 6.07) is -0.549. The summed E-state index contributed by atoms with van der Waals surface area (Å²) in [5.74, 6) is 2.58. The van der Waals surface area contributed by atoms with Gasteiger partial charge in [-0.05, 0) is 56.6 Å². The number of aliphatic hydroxyl groups excluding tert-OH is 1. The summed E-state index contributed by atoms with van der Waals surface area (Å²) in [6.45, 7) is 0.477. The maximum Gasteiger partial charge on any atom is 0.259 e. The number of Topliss-reactive ketones (excluding diaryl/α,β-unsaturated/α-hetero) is 1. The van der Waals surface area contributed by atoms with E-state index in [1.165, 1.54) is 30.8 Å². The molecular formula is C19H28N2O3S2. The molecule has 1 saturated carbocycles. The van der Waals surface area contributed by atoms with Crippen LogP contribution in [-0.4, -0.2) is 45.5 Å². The number of thioether (sulfide) groups is 2. The molecule has 4 N–H and O–H groups in total. The van der Waals surface area contributed by atoms with E-state index in [2.05, 4.69) is 28.8 Å². The van der Waals surface area contributed by atoms with Crippen LogP contribution < -0.4 is 11.1 Å². The van der Waals surface area contributed by atoms with Crippen molar-refractivity contribution in [3.05, 3.63) is 23.5 Å². The number of carbonyl (C=O) groups is 2. The second-order valence-corrected chi connectivity index (χ2v) is 10.1. The normalized spacial score (nSPS) is 32.0. The van der Waals surface area contributed by atoms with Crippen LogP contribution in [0.4, 0.5) is 0 Å². The highest BCUT2D eigenvalue weighted by molar-refractivity contribution is 8.20. The molecule has 3 rings (SSSR count). The average molecular weight is 397 g/mol. The number of nitrogens with two attached hydrogens (primary N) is 1. The first-order chi connectivity index (χ1) is 12.6. The Morgan fingerprint density at radius 2 is 2.04 bits per heavy atom. The molecule has 0 aromatic heterocycles. The number of hydrogen-bond acceptors (Lipinski definition) is 6. The Labute approximate surface area is 163 Å². The van der Waals surface area contributed by atoms with Crippen molar-refractivity contribution in [1.82, 2.24) is 5.32 Å². The Morgan fingerprint density at radius 1 is 1.27 bits per heavy atom. The van der Waals surface area contributed by atoms with Gasteiger partial charge in [0.15, 0.2) is 5.78 Å². The summed E-state index contributed by atoms with van der Waals surface area (Å²) in [6.07, 6.45) is 9.54. The van der Waals surface area contributed by atoms with Crippen LogP contribution in [0.5, 0.6) is 0 Å². The molecule has 144 valence electrons. The molecular weight excluding hydrogens is 368 g/mol. The monoisotopic (exact) mass is 396 g/mol.